The van der Waals surface area contributed by atoms with E-state index < -0.39 is 12.1 Å². The van der Waals surface area contributed by atoms with E-state index in [1.165, 1.54) is 38.2 Å². The van der Waals surface area contributed by atoms with Crippen LogP contribution >= 0.6 is 0 Å². The Hall–Kier alpha value is -1.71. The number of hydrogen-bond acceptors (Lipinski definition) is 2. The third-order valence-corrected chi connectivity index (χ3v) is 3.36. The van der Waals surface area contributed by atoms with Gasteiger partial charge < -0.3 is 10.2 Å². The summed E-state index contributed by atoms with van der Waals surface area (Å²) in [5.41, 5.74) is 0. The molecule has 3 nitrogen and oxygen atoms in total. The van der Waals surface area contributed by atoms with Gasteiger partial charge in [-0.25, -0.2) is 0 Å². The van der Waals surface area contributed by atoms with Crippen LogP contribution in [0.5, 0.6) is 0 Å². The average Bonchev–Trinajstić information content (AvgIpc) is 2.49. The van der Waals surface area contributed by atoms with Gasteiger partial charge in [-0.3, -0.25) is 4.79 Å². The summed E-state index contributed by atoms with van der Waals surface area (Å²) in [6.07, 6.45) is 9.71. The van der Waals surface area contributed by atoms with Crippen molar-refractivity contribution in [3.8, 4) is 23.7 Å². The van der Waals surface area contributed by atoms with E-state index >= 15 is 0 Å². The number of aliphatic hydroxyl groups is 1. The maximum atomic E-state index is 10.8. The second kappa shape index (κ2) is 14.2. The smallest absolute Gasteiger partial charge is 0.304 e. The molecule has 0 unspecified atom stereocenters. The third-order valence-electron chi connectivity index (χ3n) is 3.36. The highest BCUT2D eigenvalue weighted by Gasteiger charge is 2.09. The summed E-state index contributed by atoms with van der Waals surface area (Å²) < 4.78 is 0. The van der Waals surface area contributed by atoms with Crippen LogP contribution in [0.1, 0.15) is 64.7 Å². The van der Waals surface area contributed by atoms with Crippen molar-refractivity contribution in [2.45, 2.75) is 70.8 Å². The predicted octanol–water partition coefficient (Wildman–Crippen LogP) is 3.77. The molecule has 0 saturated heterocycles. The van der Waals surface area contributed by atoms with Gasteiger partial charge in [0.15, 0.2) is 0 Å². The minimum Gasteiger partial charge on any atom is -0.481 e. The number of rotatable bonds is 11. The van der Waals surface area contributed by atoms with Gasteiger partial charge in [-0.05, 0) is 18.3 Å². The summed E-state index contributed by atoms with van der Waals surface area (Å²) in [5.74, 6) is 9.58. The second-order valence-electron chi connectivity index (χ2n) is 5.42. The molecule has 0 aliphatic carbocycles. The first-order valence-electron chi connectivity index (χ1n) is 8.13. The van der Waals surface area contributed by atoms with E-state index in [0.717, 1.165) is 19.3 Å². The van der Waals surface area contributed by atoms with Crippen molar-refractivity contribution in [3.63, 3.8) is 0 Å². The highest BCUT2D eigenvalue weighted by Crippen LogP contribution is 2.15. The molecule has 0 aliphatic rings. The SMILES string of the molecule is C=C[C@H](O)C#CC#C[C@H](CCCCCCCCC)CC(=O)O. The Balaban J connectivity index is 4.12. The van der Waals surface area contributed by atoms with Crippen LogP contribution in [-0.4, -0.2) is 22.3 Å². The molecular weight excluding hydrogens is 276 g/mol. The van der Waals surface area contributed by atoms with E-state index in [9.17, 15) is 9.90 Å². The number of carboxylic acid groups (broad SMARTS) is 1. The topological polar surface area (TPSA) is 57.5 Å². The summed E-state index contributed by atoms with van der Waals surface area (Å²) in [6, 6.07) is 0. The first kappa shape index (κ1) is 20.3. The Kier molecular flexibility index (Phi) is 13.1. The predicted molar refractivity (Wildman–Crippen MR) is 90.1 cm³/mol. The molecule has 2 N–H and O–H groups in total. The zero-order valence-electron chi connectivity index (χ0n) is 13.6. The molecule has 0 aromatic carbocycles. The normalized spacial score (nSPS) is 12.3. The highest BCUT2D eigenvalue weighted by molar-refractivity contribution is 5.67. The number of carbonyl (C=O) groups is 1. The second-order valence-corrected chi connectivity index (χ2v) is 5.42. The van der Waals surface area contributed by atoms with E-state index in [1.54, 1.807) is 0 Å². The zero-order chi connectivity index (χ0) is 16.6. The summed E-state index contributed by atoms with van der Waals surface area (Å²) in [5, 5.41) is 18.1. The van der Waals surface area contributed by atoms with Crippen molar-refractivity contribution in [3.05, 3.63) is 12.7 Å². The van der Waals surface area contributed by atoms with Crippen molar-refractivity contribution in [2.75, 3.05) is 0 Å². The fraction of sp³-hybridized carbons (Fsp3) is 0.632. The molecule has 2 atom stereocenters. The minimum atomic E-state index is -0.879. The van der Waals surface area contributed by atoms with E-state index in [0.29, 0.717) is 0 Å². The van der Waals surface area contributed by atoms with Gasteiger partial charge >= 0.3 is 5.97 Å². The standard InChI is InChI=1S/C19H28O3/c1-3-5-6-7-8-9-10-13-17(16-19(21)22)14-11-12-15-18(20)4-2/h4,17-18,20H,2-3,5-10,13,16H2,1H3,(H,21,22)/t17-,18-/m0/s1. The summed E-state index contributed by atoms with van der Waals surface area (Å²) in [6.45, 7) is 5.61. The molecule has 0 radical (unpaired) electrons. The fourth-order valence-corrected chi connectivity index (χ4v) is 2.09. The maximum absolute atomic E-state index is 10.8. The highest BCUT2D eigenvalue weighted by atomic mass is 16.4. The van der Waals surface area contributed by atoms with Crippen LogP contribution in [0.2, 0.25) is 0 Å². The number of unbranched alkanes of at least 4 members (excludes halogenated alkanes) is 6. The van der Waals surface area contributed by atoms with E-state index in [2.05, 4.69) is 37.2 Å². The molecule has 0 fully saturated rings. The average molecular weight is 304 g/mol. The summed E-state index contributed by atoms with van der Waals surface area (Å²) >= 11 is 0. The quantitative estimate of drug-likeness (QED) is 0.347. The lowest BCUT2D eigenvalue weighted by Crippen LogP contribution is -2.06. The Morgan fingerprint density at radius 1 is 1.09 bits per heavy atom. The Morgan fingerprint density at radius 3 is 2.27 bits per heavy atom. The van der Waals surface area contributed by atoms with Gasteiger partial charge in [0.1, 0.15) is 6.10 Å². The first-order chi connectivity index (χ1) is 10.6. The Morgan fingerprint density at radius 2 is 1.68 bits per heavy atom. The van der Waals surface area contributed by atoms with Crippen molar-refractivity contribution in [1.82, 2.24) is 0 Å². The van der Waals surface area contributed by atoms with Crippen LogP contribution in [0.4, 0.5) is 0 Å². The van der Waals surface area contributed by atoms with Gasteiger partial charge in [0.2, 0.25) is 0 Å². The molecule has 0 rings (SSSR count). The molecule has 0 spiro atoms. The summed E-state index contributed by atoms with van der Waals surface area (Å²) in [4.78, 5) is 10.8. The first-order valence-corrected chi connectivity index (χ1v) is 8.13. The molecule has 0 saturated carbocycles. The fourth-order valence-electron chi connectivity index (χ4n) is 2.09. The number of hydrogen-bond donors (Lipinski definition) is 2. The Bertz CT molecular complexity index is 431. The van der Waals surface area contributed by atoms with Crippen molar-refractivity contribution in [2.24, 2.45) is 5.92 Å². The van der Waals surface area contributed by atoms with Gasteiger partial charge in [-0.1, -0.05) is 76.4 Å². The van der Waals surface area contributed by atoms with Crippen LogP contribution in [0.15, 0.2) is 12.7 Å². The molecule has 0 amide bonds. The molecule has 0 aromatic heterocycles. The van der Waals surface area contributed by atoms with Crippen molar-refractivity contribution < 1.29 is 15.0 Å². The van der Waals surface area contributed by atoms with Crippen LogP contribution in [0, 0.1) is 29.6 Å². The van der Waals surface area contributed by atoms with Crippen LogP contribution in [0.25, 0.3) is 0 Å². The van der Waals surface area contributed by atoms with Gasteiger partial charge in [0.25, 0.3) is 0 Å². The molecule has 0 aliphatic heterocycles. The van der Waals surface area contributed by atoms with E-state index in [-0.39, 0.29) is 12.3 Å². The minimum absolute atomic E-state index is 0.0501. The molecule has 22 heavy (non-hydrogen) atoms. The van der Waals surface area contributed by atoms with Crippen LogP contribution in [0.3, 0.4) is 0 Å². The van der Waals surface area contributed by atoms with Crippen LogP contribution < -0.4 is 0 Å². The molecule has 3 heteroatoms. The largest absolute Gasteiger partial charge is 0.481 e. The van der Waals surface area contributed by atoms with Crippen LogP contribution in [-0.2, 0) is 4.79 Å². The Labute approximate surface area is 134 Å². The van der Waals surface area contributed by atoms with E-state index in [1.807, 2.05) is 0 Å². The zero-order valence-corrected chi connectivity index (χ0v) is 13.6. The lowest BCUT2D eigenvalue weighted by Gasteiger charge is -2.07. The monoisotopic (exact) mass is 304 g/mol. The lowest BCUT2D eigenvalue weighted by molar-refractivity contribution is -0.137. The van der Waals surface area contributed by atoms with Gasteiger partial charge in [0.05, 0.1) is 6.42 Å². The van der Waals surface area contributed by atoms with Crippen molar-refractivity contribution >= 4 is 5.97 Å². The molecule has 0 aromatic rings. The molecular formula is C19H28O3. The summed E-state index contributed by atoms with van der Waals surface area (Å²) in [7, 11) is 0. The number of carboxylic acids is 1. The van der Waals surface area contributed by atoms with Crippen molar-refractivity contribution in [1.29, 1.82) is 0 Å². The van der Waals surface area contributed by atoms with E-state index in [4.69, 9.17) is 5.11 Å². The third kappa shape index (κ3) is 13.3. The molecule has 0 heterocycles. The number of aliphatic hydroxyl groups excluding tert-OH is 1. The van der Waals surface area contributed by atoms with Gasteiger partial charge in [-0.2, -0.15) is 0 Å². The maximum Gasteiger partial charge on any atom is 0.304 e. The number of aliphatic carboxylic acids is 1. The lowest BCUT2D eigenvalue weighted by atomic mass is 9.97. The van der Waals surface area contributed by atoms with Gasteiger partial charge in [-0.15, -0.1) is 0 Å². The molecule has 0 bridgehead atoms. The van der Waals surface area contributed by atoms with Gasteiger partial charge in [0, 0.05) is 5.92 Å². The molecule has 122 valence electrons.